The van der Waals surface area contributed by atoms with Gasteiger partial charge in [-0.3, -0.25) is 14.4 Å². The molecule has 1 aliphatic rings. The summed E-state index contributed by atoms with van der Waals surface area (Å²) in [7, 11) is 0. The smallest absolute Gasteiger partial charge is 0.251 e. The number of aliphatic hydroxyl groups is 1. The molecule has 3 amide bonds. The minimum Gasteiger partial charge on any atom is -0.394 e. The van der Waals surface area contributed by atoms with E-state index in [9.17, 15) is 14.4 Å². The molecule has 8 heteroatoms. The number of amides is 3. The topological polar surface area (TPSA) is 125 Å². The van der Waals surface area contributed by atoms with Crippen LogP contribution < -0.4 is 16.4 Å². The number of nitrogens with zero attached hydrogens (tertiary/aromatic N) is 1. The van der Waals surface area contributed by atoms with Crippen LogP contribution in [0.4, 0.5) is 0 Å². The van der Waals surface area contributed by atoms with Crippen molar-refractivity contribution in [1.29, 1.82) is 0 Å². The van der Waals surface area contributed by atoms with Crippen molar-refractivity contribution in [2.24, 2.45) is 5.73 Å². The minimum atomic E-state index is -0.705. The molecule has 0 radical (unpaired) electrons. The molecule has 2 aromatic rings. The van der Waals surface area contributed by atoms with E-state index in [-0.39, 0.29) is 43.5 Å². The van der Waals surface area contributed by atoms with Gasteiger partial charge in [0.2, 0.25) is 11.8 Å². The van der Waals surface area contributed by atoms with Crippen LogP contribution in [-0.2, 0) is 9.59 Å². The van der Waals surface area contributed by atoms with Gasteiger partial charge in [0, 0.05) is 24.2 Å². The highest BCUT2D eigenvalue weighted by Crippen LogP contribution is 2.18. The molecule has 29 heavy (non-hydrogen) atoms. The third-order valence-corrected chi connectivity index (χ3v) is 5.03. The van der Waals surface area contributed by atoms with Crippen LogP contribution in [0.5, 0.6) is 0 Å². The first-order valence-electron chi connectivity index (χ1n) is 9.62. The fourth-order valence-electron chi connectivity index (χ4n) is 3.47. The van der Waals surface area contributed by atoms with Gasteiger partial charge in [-0.25, -0.2) is 0 Å². The first kappa shape index (κ1) is 20.8. The summed E-state index contributed by atoms with van der Waals surface area (Å²) in [6.45, 7) is 1.50. The number of likely N-dealkylation sites (tertiary alicyclic amines) is 1. The summed E-state index contributed by atoms with van der Waals surface area (Å²) >= 11 is 0. The standard InChI is InChI=1S/C21H26N4O4/c1-13(12-26)24-21(29)18-9-17(22)11-25(18)19(27)10-23-20(28)16-7-6-14-4-2-3-5-15(14)8-16/h2-8,13,17-18,26H,9-12,22H2,1H3,(H,23,28)(H,24,29). The highest BCUT2D eigenvalue weighted by Gasteiger charge is 2.38. The third kappa shape index (κ3) is 4.90. The zero-order valence-electron chi connectivity index (χ0n) is 16.3. The summed E-state index contributed by atoms with van der Waals surface area (Å²) in [5.74, 6) is -1.08. The number of aliphatic hydroxyl groups excluding tert-OH is 1. The van der Waals surface area contributed by atoms with Crippen molar-refractivity contribution >= 4 is 28.5 Å². The molecule has 1 aliphatic heterocycles. The molecule has 0 bridgehead atoms. The molecular weight excluding hydrogens is 372 g/mol. The van der Waals surface area contributed by atoms with E-state index in [2.05, 4.69) is 10.6 Å². The average molecular weight is 398 g/mol. The van der Waals surface area contributed by atoms with Crippen LogP contribution in [-0.4, -0.2) is 65.5 Å². The van der Waals surface area contributed by atoms with E-state index in [0.717, 1.165) is 10.8 Å². The molecule has 1 heterocycles. The van der Waals surface area contributed by atoms with Crippen LogP contribution >= 0.6 is 0 Å². The summed E-state index contributed by atoms with van der Waals surface area (Å²) in [6.07, 6.45) is 0.342. The summed E-state index contributed by atoms with van der Waals surface area (Å²) in [6, 6.07) is 11.6. The summed E-state index contributed by atoms with van der Waals surface area (Å²) in [4.78, 5) is 38.9. The number of fused-ring (bicyclic) bond motifs is 1. The lowest BCUT2D eigenvalue weighted by atomic mass is 10.1. The van der Waals surface area contributed by atoms with Crippen LogP contribution in [0.25, 0.3) is 10.8 Å². The van der Waals surface area contributed by atoms with Crippen molar-refractivity contribution in [2.45, 2.75) is 31.5 Å². The number of benzene rings is 2. The molecule has 0 spiro atoms. The van der Waals surface area contributed by atoms with E-state index in [1.807, 2.05) is 30.3 Å². The summed E-state index contributed by atoms with van der Waals surface area (Å²) in [5.41, 5.74) is 6.40. The maximum absolute atomic E-state index is 12.6. The highest BCUT2D eigenvalue weighted by atomic mass is 16.3. The van der Waals surface area contributed by atoms with Gasteiger partial charge < -0.3 is 26.4 Å². The van der Waals surface area contributed by atoms with E-state index < -0.39 is 12.1 Å². The second-order valence-electron chi connectivity index (χ2n) is 7.39. The van der Waals surface area contributed by atoms with Gasteiger partial charge in [-0.15, -0.1) is 0 Å². The molecule has 2 aromatic carbocycles. The zero-order valence-corrected chi connectivity index (χ0v) is 16.3. The predicted octanol–water partition coefficient (Wildman–Crippen LogP) is -0.00520. The molecule has 154 valence electrons. The monoisotopic (exact) mass is 398 g/mol. The van der Waals surface area contributed by atoms with Crippen molar-refractivity contribution in [2.75, 3.05) is 19.7 Å². The van der Waals surface area contributed by atoms with Gasteiger partial charge in [0.1, 0.15) is 6.04 Å². The Morgan fingerprint density at radius 3 is 2.66 bits per heavy atom. The molecule has 3 rings (SSSR count). The Labute approximate surface area is 169 Å². The molecule has 1 fully saturated rings. The average Bonchev–Trinajstić information content (AvgIpc) is 3.13. The van der Waals surface area contributed by atoms with Crippen LogP contribution in [0.2, 0.25) is 0 Å². The van der Waals surface area contributed by atoms with Gasteiger partial charge in [0.25, 0.3) is 5.91 Å². The fraction of sp³-hybridized carbons (Fsp3) is 0.381. The molecule has 0 saturated carbocycles. The molecule has 0 aromatic heterocycles. The summed E-state index contributed by atoms with van der Waals surface area (Å²) < 4.78 is 0. The second-order valence-corrected chi connectivity index (χ2v) is 7.39. The molecule has 0 aliphatic carbocycles. The SMILES string of the molecule is CC(CO)NC(=O)C1CC(N)CN1C(=O)CNC(=O)c1ccc2ccccc2c1. The van der Waals surface area contributed by atoms with Gasteiger partial charge in [0.05, 0.1) is 13.2 Å². The van der Waals surface area contributed by atoms with Crippen LogP contribution in [0, 0.1) is 0 Å². The van der Waals surface area contributed by atoms with E-state index in [1.54, 1.807) is 19.1 Å². The third-order valence-electron chi connectivity index (χ3n) is 5.03. The first-order chi connectivity index (χ1) is 13.9. The molecule has 3 unspecified atom stereocenters. The maximum atomic E-state index is 12.6. The van der Waals surface area contributed by atoms with E-state index in [0.29, 0.717) is 12.0 Å². The first-order valence-corrected chi connectivity index (χ1v) is 9.62. The zero-order chi connectivity index (χ0) is 21.0. The van der Waals surface area contributed by atoms with E-state index >= 15 is 0 Å². The van der Waals surface area contributed by atoms with Crippen molar-refractivity contribution in [3.63, 3.8) is 0 Å². The number of nitrogens with one attached hydrogen (secondary N) is 2. The number of hydrogen-bond donors (Lipinski definition) is 4. The van der Waals surface area contributed by atoms with Gasteiger partial charge in [-0.1, -0.05) is 30.3 Å². The van der Waals surface area contributed by atoms with Crippen LogP contribution in [0.1, 0.15) is 23.7 Å². The molecule has 5 N–H and O–H groups in total. The molecule has 1 saturated heterocycles. The lowest BCUT2D eigenvalue weighted by Gasteiger charge is -2.25. The van der Waals surface area contributed by atoms with Crippen molar-refractivity contribution in [3.8, 4) is 0 Å². The number of rotatable bonds is 6. The molecular formula is C21H26N4O4. The minimum absolute atomic E-state index is 0.194. The van der Waals surface area contributed by atoms with Crippen molar-refractivity contribution in [3.05, 3.63) is 48.0 Å². The normalized spacial score (nSPS) is 19.8. The number of carbonyl (C=O) groups excluding carboxylic acids is 3. The quantitative estimate of drug-likeness (QED) is 0.545. The second kappa shape index (κ2) is 9.02. The Bertz CT molecular complexity index is 916. The Morgan fingerprint density at radius 1 is 1.21 bits per heavy atom. The molecule has 3 atom stereocenters. The highest BCUT2D eigenvalue weighted by molar-refractivity contribution is 6.00. The van der Waals surface area contributed by atoms with Crippen molar-refractivity contribution < 1.29 is 19.5 Å². The van der Waals surface area contributed by atoms with Gasteiger partial charge >= 0.3 is 0 Å². The van der Waals surface area contributed by atoms with Crippen LogP contribution in [0.15, 0.2) is 42.5 Å². The number of hydrogen-bond acceptors (Lipinski definition) is 5. The Hall–Kier alpha value is -2.97. The Morgan fingerprint density at radius 2 is 1.93 bits per heavy atom. The summed E-state index contributed by atoms with van der Waals surface area (Å²) in [5, 5.41) is 16.4. The fourth-order valence-corrected chi connectivity index (χ4v) is 3.47. The number of nitrogens with two attached hydrogens (primary N) is 1. The lowest BCUT2D eigenvalue weighted by molar-refractivity contribution is -0.138. The van der Waals surface area contributed by atoms with E-state index in [1.165, 1.54) is 4.90 Å². The van der Waals surface area contributed by atoms with Gasteiger partial charge in [0.15, 0.2) is 0 Å². The Balaban J connectivity index is 1.62. The van der Waals surface area contributed by atoms with Gasteiger partial charge in [-0.2, -0.15) is 0 Å². The van der Waals surface area contributed by atoms with Crippen molar-refractivity contribution in [1.82, 2.24) is 15.5 Å². The Kier molecular flexibility index (Phi) is 6.46. The maximum Gasteiger partial charge on any atom is 0.251 e. The lowest BCUT2D eigenvalue weighted by Crippen LogP contribution is -2.51. The van der Waals surface area contributed by atoms with Crippen LogP contribution in [0.3, 0.4) is 0 Å². The predicted molar refractivity (Wildman–Crippen MR) is 109 cm³/mol. The molecule has 8 nitrogen and oxygen atoms in total. The van der Waals surface area contributed by atoms with E-state index in [4.69, 9.17) is 10.8 Å². The number of carbonyl (C=O) groups is 3. The van der Waals surface area contributed by atoms with Gasteiger partial charge in [-0.05, 0) is 36.2 Å². The largest absolute Gasteiger partial charge is 0.394 e.